The third kappa shape index (κ3) is 5.22. The summed E-state index contributed by atoms with van der Waals surface area (Å²) in [7, 11) is 3.18. The summed E-state index contributed by atoms with van der Waals surface area (Å²) in [6.07, 6.45) is 9.60. The SMILES string of the molecule is COc1ccc(-c2nn(-c3ccccc3)cc2C=CC(=O)Nc2ccc(-n3cncn3)nc2)cc1OC. The summed E-state index contributed by atoms with van der Waals surface area (Å²) in [6.45, 7) is 0. The lowest BCUT2D eigenvalue weighted by molar-refractivity contribution is -0.111. The van der Waals surface area contributed by atoms with Gasteiger partial charge in [-0.1, -0.05) is 18.2 Å². The standard InChI is InChI=1S/C27H23N7O3/c1-36-23-11-8-19(14-24(23)37-2)27-20(16-33(32-27)22-6-4-3-5-7-22)9-13-26(35)31-21-10-12-25(29-15-21)34-18-28-17-30-34/h3-18H,1-2H3,(H,31,35). The molecule has 1 amide bonds. The van der Waals surface area contributed by atoms with E-state index in [-0.39, 0.29) is 5.91 Å². The van der Waals surface area contributed by atoms with Crippen LogP contribution in [0.15, 0.2) is 91.8 Å². The van der Waals surface area contributed by atoms with Crippen molar-refractivity contribution in [1.82, 2.24) is 29.5 Å². The van der Waals surface area contributed by atoms with E-state index in [0.717, 1.165) is 16.8 Å². The zero-order chi connectivity index (χ0) is 25.6. The summed E-state index contributed by atoms with van der Waals surface area (Å²) in [6, 6.07) is 18.8. The summed E-state index contributed by atoms with van der Waals surface area (Å²) in [4.78, 5) is 20.9. The molecule has 37 heavy (non-hydrogen) atoms. The van der Waals surface area contributed by atoms with E-state index in [1.807, 2.05) is 54.7 Å². The fraction of sp³-hybridized carbons (Fsp3) is 0.0741. The first-order chi connectivity index (χ1) is 18.1. The Labute approximate surface area is 212 Å². The minimum atomic E-state index is -0.305. The smallest absolute Gasteiger partial charge is 0.248 e. The van der Waals surface area contributed by atoms with Gasteiger partial charge >= 0.3 is 0 Å². The molecule has 0 bridgehead atoms. The summed E-state index contributed by atoms with van der Waals surface area (Å²) >= 11 is 0. The predicted octanol–water partition coefficient (Wildman–Crippen LogP) is 4.18. The van der Waals surface area contributed by atoms with E-state index in [2.05, 4.69) is 20.4 Å². The maximum Gasteiger partial charge on any atom is 0.248 e. The van der Waals surface area contributed by atoms with Crippen LogP contribution in [-0.2, 0) is 4.79 Å². The molecule has 0 radical (unpaired) electrons. The van der Waals surface area contributed by atoms with Crippen LogP contribution >= 0.6 is 0 Å². The van der Waals surface area contributed by atoms with E-state index >= 15 is 0 Å². The van der Waals surface area contributed by atoms with E-state index in [0.29, 0.717) is 28.7 Å². The van der Waals surface area contributed by atoms with Gasteiger partial charge in [0.2, 0.25) is 5.91 Å². The summed E-state index contributed by atoms with van der Waals surface area (Å²) < 4.78 is 14.1. The molecule has 0 fully saturated rings. The quantitative estimate of drug-likeness (QED) is 0.323. The number of carbonyl (C=O) groups excluding carboxylic acids is 1. The largest absolute Gasteiger partial charge is 0.493 e. The second-order valence-electron chi connectivity index (χ2n) is 7.85. The molecule has 3 heterocycles. The number of carbonyl (C=O) groups is 1. The zero-order valence-electron chi connectivity index (χ0n) is 20.1. The topological polar surface area (TPSA) is 109 Å². The summed E-state index contributed by atoms with van der Waals surface area (Å²) in [5.41, 5.74) is 3.71. The van der Waals surface area contributed by atoms with Gasteiger partial charge in [0.05, 0.1) is 31.8 Å². The number of benzene rings is 2. The van der Waals surface area contributed by atoms with Gasteiger partial charge in [0.1, 0.15) is 18.3 Å². The summed E-state index contributed by atoms with van der Waals surface area (Å²) in [5, 5.41) is 11.6. The molecule has 2 aromatic carbocycles. The minimum absolute atomic E-state index is 0.305. The molecule has 184 valence electrons. The van der Waals surface area contributed by atoms with Crippen LogP contribution in [-0.4, -0.2) is 49.7 Å². The fourth-order valence-corrected chi connectivity index (χ4v) is 3.70. The van der Waals surface area contributed by atoms with Crippen LogP contribution < -0.4 is 14.8 Å². The van der Waals surface area contributed by atoms with Gasteiger partial charge in [-0.25, -0.2) is 19.3 Å². The van der Waals surface area contributed by atoms with Crippen LogP contribution in [0.1, 0.15) is 5.56 Å². The van der Waals surface area contributed by atoms with E-state index < -0.39 is 0 Å². The lowest BCUT2D eigenvalue weighted by atomic mass is 10.1. The molecule has 0 aliphatic heterocycles. The number of rotatable bonds is 8. The molecule has 0 unspecified atom stereocenters. The highest BCUT2D eigenvalue weighted by atomic mass is 16.5. The molecule has 0 spiro atoms. The molecule has 0 aliphatic rings. The van der Waals surface area contributed by atoms with Crippen molar-refractivity contribution in [2.24, 2.45) is 0 Å². The van der Waals surface area contributed by atoms with Gasteiger partial charge in [-0.2, -0.15) is 10.2 Å². The van der Waals surface area contributed by atoms with Gasteiger partial charge in [0.25, 0.3) is 0 Å². The van der Waals surface area contributed by atoms with Gasteiger partial charge < -0.3 is 14.8 Å². The lowest BCUT2D eigenvalue weighted by Crippen LogP contribution is -2.08. The Morgan fingerprint density at radius 3 is 2.51 bits per heavy atom. The predicted molar refractivity (Wildman–Crippen MR) is 139 cm³/mol. The Kier molecular flexibility index (Phi) is 6.71. The average Bonchev–Trinajstić information content (AvgIpc) is 3.63. The maximum absolute atomic E-state index is 12.7. The van der Waals surface area contributed by atoms with E-state index in [1.165, 1.54) is 17.1 Å². The third-order valence-electron chi connectivity index (χ3n) is 5.50. The van der Waals surface area contributed by atoms with E-state index in [1.54, 1.807) is 49.6 Å². The molecular formula is C27H23N7O3. The number of anilines is 1. The van der Waals surface area contributed by atoms with Crippen molar-refractivity contribution in [3.8, 4) is 34.3 Å². The van der Waals surface area contributed by atoms with Crippen molar-refractivity contribution in [3.05, 3.63) is 97.4 Å². The summed E-state index contributed by atoms with van der Waals surface area (Å²) in [5.74, 6) is 1.50. The number of nitrogens with zero attached hydrogens (tertiary/aromatic N) is 6. The number of hydrogen-bond donors (Lipinski definition) is 1. The Hall–Kier alpha value is -5.25. The number of aromatic nitrogens is 6. The van der Waals surface area contributed by atoms with E-state index in [9.17, 15) is 4.79 Å². The van der Waals surface area contributed by atoms with Crippen molar-refractivity contribution >= 4 is 17.7 Å². The second-order valence-corrected chi connectivity index (χ2v) is 7.85. The lowest BCUT2D eigenvalue weighted by Gasteiger charge is -2.09. The van der Waals surface area contributed by atoms with Gasteiger partial charge in [0.15, 0.2) is 17.3 Å². The van der Waals surface area contributed by atoms with Gasteiger partial charge in [-0.3, -0.25) is 4.79 Å². The first-order valence-corrected chi connectivity index (χ1v) is 11.3. The molecule has 3 aromatic heterocycles. The highest BCUT2D eigenvalue weighted by Gasteiger charge is 2.14. The Morgan fingerprint density at radius 2 is 1.81 bits per heavy atom. The second kappa shape index (κ2) is 10.6. The first kappa shape index (κ1) is 23.5. The van der Waals surface area contributed by atoms with Crippen molar-refractivity contribution in [2.45, 2.75) is 0 Å². The van der Waals surface area contributed by atoms with Crippen molar-refractivity contribution in [2.75, 3.05) is 19.5 Å². The van der Waals surface area contributed by atoms with Crippen LogP contribution in [0.2, 0.25) is 0 Å². The van der Waals surface area contributed by atoms with Crippen molar-refractivity contribution in [1.29, 1.82) is 0 Å². The highest BCUT2D eigenvalue weighted by molar-refractivity contribution is 6.02. The van der Waals surface area contributed by atoms with Crippen LogP contribution in [0.25, 0.3) is 28.8 Å². The minimum Gasteiger partial charge on any atom is -0.493 e. The number of ether oxygens (including phenoxy) is 2. The van der Waals surface area contributed by atoms with Gasteiger partial charge in [-0.15, -0.1) is 0 Å². The number of amides is 1. The molecule has 0 saturated heterocycles. The Bertz CT molecular complexity index is 1530. The Morgan fingerprint density at radius 1 is 0.973 bits per heavy atom. The van der Waals surface area contributed by atoms with Crippen LogP contribution in [0.5, 0.6) is 11.5 Å². The molecule has 5 rings (SSSR count). The Balaban J connectivity index is 1.41. The van der Waals surface area contributed by atoms with Crippen molar-refractivity contribution in [3.63, 3.8) is 0 Å². The van der Waals surface area contributed by atoms with Gasteiger partial charge in [0, 0.05) is 23.4 Å². The number of nitrogens with one attached hydrogen (secondary N) is 1. The molecule has 0 saturated carbocycles. The normalized spacial score (nSPS) is 11.0. The molecule has 0 atom stereocenters. The molecule has 10 nitrogen and oxygen atoms in total. The number of para-hydroxylation sites is 1. The third-order valence-corrected chi connectivity index (χ3v) is 5.50. The molecule has 10 heteroatoms. The number of pyridine rings is 1. The molecule has 0 aliphatic carbocycles. The zero-order valence-corrected chi connectivity index (χ0v) is 20.1. The fourth-order valence-electron chi connectivity index (χ4n) is 3.70. The van der Waals surface area contributed by atoms with Crippen LogP contribution in [0.3, 0.4) is 0 Å². The highest BCUT2D eigenvalue weighted by Crippen LogP contribution is 2.33. The van der Waals surface area contributed by atoms with Crippen molar-refractivity contribution < 1.29 is 14.3 Å². The molecule has 1 N–H and O–H groups in total. The molecular weight excluding hydrogens is 470 g/mol. The van der Waals surface area contributed by atoms with E-state index in [4.69, 9.17) is 14.6 Å². The van der Waals surface area contributed by atoms with Gasteiger partial charge in [-0.05, 0) is 48.5 Å². The monoisotopic (exact) mass is 493 g/mol. The number of methoxy groups -OCH3 is 2. The number of hydrogen-bond acceptors (Lipinski definition) is 7. The average molecular weight is 494 g/mol. The van der Waals surface area contributed by atoms with Crippen LogP contribution in [0.4, 0.5) is 5.69 Å². The molecule has 5 aromatic rings. The van der Waals surface area contributed by atoms with Crippen LogP contribution in [0, 0.1) is 0 Å². The maximum atomic E-state index is 12.7. The first-order valence-electron chi connectivity index (χ1n) is 11.3.